The molecule has 3 rings (SSSR count). The van der Waals surface area contributed by atoms with E-state index in [4.69, 9.17) is 4.74 Å². The number of para-hydroxylation sites is 1. The van der Waals surface area contributed by atoms with Crippen molar-refractivity contribution in [1.29, 1.82) is 0 Å². The first-order valence-corrected chi connectivity index (χ1v) is 9.98. The van der Waals surface area contributed by atoms with E-state index >= 15 is 0 Å². The van der Waals surface area contributed by atoms with E-state index in [0.29, 0.717) is 5.69 Å². The van der Waals surface area contributed by atoms with Gasteiger partial charge in [0, 0.05) is 6.20 Å². The molecule has 150 valence electrons. The number of ether oxygens (including phenoxy) is 1. The van der Waals surface area contributed by atoms with Crippen LogP contribution in [0.25, 0.3) is 0 Å². The summed E-state index contributed by atoms with van der Waals surface area (Å²) < 4.78 is 46.0. The van der Waals surface area contributed by atoms with Gasteiger partial charge in [0.15, 0.2) is 6.61 Å². The van der Waals surface area contributed by atoms with Crippen LogP contribution in [0.3, 0.4) is 0 Å². The summed E-state index contributed by atoms with van der Waals surface area (Å²) in [6.07, 6.45) is 1.57. The summed E-state index contributed by atoms with van der Waals surface area (Å²) >= 11 is 0. The average molecular weight is 416 g/mol. The van der Waals surface area contributed by atoms with Gasteiger partial charge >= 0.3 is 5.97 Å². The molecule has 0 saturated heterocycles. The number of aryl methyl sites for hydroxylation is 1. The molecule has 0 spiro atoms. The van der Waals surface area contributed by atoms with Crippen molar-refractivity contribution in [3.63, 3.8) is 0 Å². The number of nitrogens with one attached hydrogen (secondary N) is 2. The van der Waals surface area contributed by atoms with Crippen molar-refractivity contribution < 1.29 is 27.1 Å². The molecule has 0 fully saturated rings. The van der Waals surface area contributed by atoms with Crippen LogP contribution in [0.4, 0.5) is 10.1 Å². The topological polar surface area (TPSA) is 105 Å². The Morgan fingerprint density at radius 1 is 1.10 bits per heavy atom. The van der Waals surface area contributed by atoms with E-state index in [1.165, 1.54) is 31.2 Å². The highest BCUT2D eigenvalue weighted by Gasteiger charge is 2.22. The molecule has 0 atom stereocenters. The molecule has 0 radical (unpaired) electrons. The van der Waals surface area contributed by atoms with Gasteiger partial charge in [-0.15, -0.1) is 0 Å². The molecule has 9 heteroatoms. The van der Waals surface area contributed by atoms with Crippen LogP contribution in [0.2, 0.25) is 0 Å². The van der Waals surface area contributed by atoms with Gasteiger partial charge in [0.2, 0.25) is 5.78 Å². The molecule has 0 aliphatic carbocycles. The lowest BCUT2D eigenvalue weighted by Crippen LogP contribution is -2.19. The van der Waals surface area contributed by atoms with Crippen LogP contribution in [0.5, 0.6) is 0 Å². The number of H-pyrrole nitrogens is 1. The van der Waals surface area contributed by atoms with Gasteiger partial charge in [0.25, 0.3) is 10.0 Å². The Hall–Kier alpha value is -3.46. The molecule has 29 heavy (non-hydrogen) atoms. The van der Waals surface area contributed by atoms with Gasteiger partial charge in [0.1, 0.15) is 5.82 Å². The molecule has 2 aromatic carbocycles. The van der Waals surface area contributed by atoms with Crippen LogP contribution in [0.15, 0.2) is 65.7 Å². The zero-order valence-electron chi connectivity index (χ0n) is 15.3. The lowest BCUT2D eigenvalue weighted by molar-refractivity contribution is 0.0474. The van der Waals surface area contributed by atoms with Gasteiger partial charge in [-0.2, -0.15) is 0 Å². The maximum Gasteiger partial charge on any atom is 0.340 e. The van der Waals surface area contributed by atoms with E-state index in [1.807, 2.05) is 0 Å². The lowest BCUT2D eigenvalue weighted by atomic mass is 10.2. The molecule has 1 aromatic heterocycles. The van der Waals surface area contributed by atoms with Crippen LogP contribution in [-0.4, -0.2) is 31.8 Å². The number of carbonyl (C=O) groups excluding carboxylic acids is 2. The number of sulfonamides is 1. The van der Waals surface area contributed by atoms with Crippen molar-refractivity contribution in [3.05, 3.63) is 83.4 Å². The van der Waals surface area contributed by atoms with E-state index < -0.39 is 34.2 Å². The summed E-state index contributed by atoms with van der Waals surface area (Å²) in [5.41, 5.74) is 0.427. The monoisotopic (exact) mass is 416 g/mol. The molecule has 0 amide bonds. The fourth-order valence-corrected chi connectivity index (χ4v) is 3.96. The fraction of sp³-hybridized carbons (Fsp3) is 0.100. The van der Waals surface area contributed by atoms with Gasteiger partial charge in [-0.25, -0.2) is 17.6 Å². The van der Waals surface area contributed by atoms with E-state index in [9.17, 15) is 22.4 Å². The second kappa shape index (κ2) is 8.27. The van der Waals surface area contributed by atoms with Crippen molar-refractivity contribution in [2.24, 2.45) is 0 Å². The Labute approximate surface area is 166 Å². The first-order chi connectivity index (χ1) is 13.8. The summed E-state index contributed by atoms with van der Waals surface area (Å²) in [7, 11) is -4.08. The van der Waals surface area contributed by atoms with Gasteiger partial charge in [-0.05, 0) is 55.0 Å². The van der Waals surface area contributed by atoms with E-state index in [-0.39, 0.29) is 21.7 Å². The zero-order chi connectivity index (χ0) is 21.0. The number of halogens is 1. The number of aromatic amines is 1. The number of carbonyl (C=O) groups is 2. The second-order valence-corrected chi connectivity index (χ2v) is 7.79. The van der Waals surface area contributed by atoms with Crippen molar-refractivity contribution in [2.75, 3.05) is 11.3 Å². The first kappa shape index (κ1) is 20.3. The highest BCUT2D eigenvalue weighted by atomic mass is 32.2. The molecule has 0 bridgehead atoms. The first-order valence-electron chi connectivity index (χ1n) is 8.49. The predicted molar refractivity (Wildman–Crippen MR) is 104 cm³/mol. The highest BCUT2D eigenvalue weighted by molar-refractivity contribution is 7.92. The maximum absolute atomic E-state index is 13.3. The number of anilines is 1. The van der Waals surface area contributed by atoms with Crippen LogP contribution in [-0.2, 0) is 14.8 Å². The molecule has 2 N–H and O–H groups in total. The standard InChI is InChI=1S/C20H17FN2O5S/c1-13-11-14(21)8-9-19(13)29(26,27)23-16-6-3-2-5-15(16)20(25)28-12-18(24)17-7-4-10-22-17/h2-11,22-23H,12H2,1H3. The molecule has 0 aliphatic rings. The molecule has 0 aliphatic heterocycles. The van der Waals surface area contributed by atoms with Crippen molar-refractivity contribution in [1.82, 2.24) is 4.98 Å². The second-order valence-electron chi connectivity index (χ2n) is 6.14. The molecule has 0 unspecified atom stereocenters. The largest absolute Gasteiger partial charge is 0.454 e. The number of esters is 1. The van der Waals surface area contributed by atoms with Crippen LogP contribution in [0.1, 0.15) is 26.4 Å². The molecular formula is C20H17FN2O5S. The lowest BCUT2D eigenvalue weighted by Gasteiger charge is -2.13. The predicted octanol–water partition coefficient (Wildman–Crippen LogP) is 3.30. The molecular weight excluding hydrogens is 399 g/mol. The van der Waals surface area contributed by atoms with E-state index in [1.54, 1.807) is 18.3 Å². The minimum atomic E-state index is -4.08. The number of aromatic nitrogens is 1. The quantitative estimate of drug-likeness (QED) is 0.454. The summed E-state index contributed by atoms with van der Waals surface area (Å²) in [5, 5.41) is 0. The SMILES string of the molecule is Cc1cc(F)ccc1S(=O)(=O)Nc1ccccc1C(=O)OCC(=O)c1ccc[nH]1. The highest BCUT2D eigenvalue weighted by Crippen LogP contribution is 2.23. The van der Waals surface area contributed by atoms with Crippen LogP contribution < -0.4 is 4.72 Å². The minimum Gasteiger partial charge on any atom is -0.454 e. The third-order valence-electron chi connectivity index (χ3n) is 4.05. The molecule has 7 nitrogen and oxygen atoms in total. The minimum absolute atomic E-state index is 0.0199. The Morgan fingerprint density at radius 2 is 1.86 bits per heavy atom. The maximum atomic E-state index is 13.3. The van der Waals surface area contributed by atoms with E-state index in [2.05, 4.69) is 9.71 Å². The Bertz CT molecular complexity index is 1160. The molecule has 1 heterocycles. The third kappa shape index (κ3) is 4.69. The number of hydrogen-bond donors (Lipinski definition) is 2. The van der Waals surface area contributed by atoms with Gasteiger partial charge in [-0.1, -0.05) is 12.1 Å². The molecule has 3 aromatic rings. The van der Waals surface area contributed by atoms with Crippen LogP contribution in [0, 0.1) is 12.7 Å². The Kier molecular flexibility index (Phi) is 5.79. The Balaban J connectivity index is 1.79. The number of benzene rings is 2. The van der Waals surface area contributed by atoms with Crippen molar-refractivity contribution >= 4 is 27.5 Å². The van der Waals surface area contributed by atoms with Gasteiger partial charge in [-0.3, -0.25) is 9.52 Å². The third-order valence-corrected chi connectivity index (χ3v) is 5.58. The summed E-state index contributed by atoms with van der Waals surface area (Å²) in [6, 6.07) is 12.3. The summed E-state index contributed by atoms with van der Waals surface area (Å²) in [4.78, 5) is 26.9. The van der Waals surface area contributed by atoms with Crippen molar-refractivity contribution in [3.8, 4) is 0 Å². The van der Waals surface area contributed by atoms with Crippen LogP contribution >= 0.6 is 0 Å². The number of Topliss-reactive ketones (excluding diaryl/α,β-unsaturated/α-hetero) is 1. The van der Waals surface area contributed by atoms with E-state index in [0.717, 1.165) is 18.2 Å². The smallest absolute Gasteiger partial charge is 0.340 e. The van der Waals surface area contributed by atoms with Gasteiger partial charge in [0.05, 0.1) is 21.8 Å². The average Bonchev–Trinajstić information content (AvgIpc) is 3.20. The summed E-state index contributed by atoms with van der Waals surface area (Å²) in [6.45, 7) is 0.960. The number of rotatable bonds is 7. The normalized spacial score (nSPS) is 11.1. The molecule has 0 saturated carbocycles. The number of ketones is 1. The Morgan fingerprint density at radius 3 is 2.55 bits per heavy atom. The van der Waals surface area contributed by atoms with Crippen molar-refractivity contribution in [2.45, 2.75) is 11.8 Å². The van der Waals surface area contributed by atoms with Gasteiger partial charge < -0.3 is 9.72 Å². The number of hydrogen-bond acceptors (Lipinski definition) is 5. The fourth-order valence-electron chi connectivity index (χ4n) is 2.65. The summed E-state index contributed by atoms with van der Waals surface area (Å²) in [5.74, 6) is -1.85. The zero-order valence-corrected chi connectivity index (χ0v) is 16.1.